The Kier molecular flexibility index (Phi) is 5.86. The number of carbonyl (C=O) groups excluding carboxylic acids is 2. The Bertz CT molecular complexity index is 1020. The van der Waals surface area contributed by atoms with E-state index in [1.807, 2.05) is 53.9 Å². The molecule has 3 aromatic rings. The number of hydrogen-bond acceptors (Lipinski definition) is 4. The zero-order valence-electron chi connectivity index (χ0n) is 16.6. The first-order valence-electron chi connectivity index (χ1n) is 9.94. The number of amides is 2. The highest BCUT2D eigenvalue weighted by Crippen LogP contribution is 2.35. The maximum absolute atomic E-state index is 12.6. The van der Waals surface area contributed by atoms with Crippen molar-refractivity contribution in [2.75, 3.05) is 19.7 Å². The monoisotopic (exact) mass is 420 g/mol. The molecule has 6 heteroatoms. The molecule has 0 radical (unpaired) electrons. The third kappa shape index (κ3) is 4.39. The van der Waals surface area contributed by atoms with Crippen LogP contribution < -0.4 is 10.5 Å². The van der Waals surface area contributed by atoms with Gasteiger partial charge in [0.1, 0.15) is 5.75 Å². The van der Waals surface area contributed by atoms with Crippen molar-refractivity contribution in [2.45, 2.75) is 12.8 Å². The van der Waals surface area contributed by atoms with Crippen molar-refractivity contribution >= 4 is 23.2 Å². The Balaban J connectivity index is 1.44. The first kappa shape index (κ1) is 20.2. The zero-order valence-corrected chi connectivity index (χ0v) is 17.4. The summed E-state index contributed by atoms with van der Waals surface area (Å²) >= 11 is 1.68. The molecule has 5 nitrogen and oxygen atoms in total. The van der Waals surface area contributed by atoms with Crippen LogP contribution in [0.2, 0.25) is 0 Å². The second-order valence-corrected chi connectivity index (χ2v) is 8.61. The van der Waals surface area contributed by atoms with E-state index in [0.717, 1.165) is 11.1 Å². The van der Waals surface area contributed by atoms with Crippen molar-refractivity contribution in [1.82, 2.24) is 4.90 Å². The van der Waals surface area contributed by atoms with E-state index >= 15 is 0 Å². The molecular weight excluding hydrogens is 396 g/mol. The average Bonchev–Trinajstić information content (AvgIpc) is 3.44. The predicted octanol–water partition coefficient (Wildman–Crippen LogP) is 3.74. The van der Waals surface area contributed by atoms with E-state index < -0.39 is 5.41 Å². The van der Waals surface area contributed by atoms with Crippen LogP contribution in [0.4, 0.5) is 0 Å². The van der Waals surface area contributed by atoms with Crippen LogP contribution >= 0.6 is 11.3 Å². The number of rotatable bonds is 7. The fourth-order valence-electron chi connectivity index (χ4n) is 3.94. The molecule has 4 rings (SSSR count). The fraction of sp³-hybridized carbons (Fsp3) is 0.250. The maximum Gasteiger partial charge on any atom is 0.260 e. The van der Waals surface area contributed by atoms with Gasteiger partial charge in [0.25, 0.3) is 5.91 Å². The largest absolute Gasteiger partial charge is 0.484 e. The number of nitrogens with zero attached hydrogens (tertiary/aromatic N) is 1. The number of ether oxygens (including phenoxy) is 1. The number of primary amides is 1. The van der Waals surface area contributed by atoms with Crippen LogP contribution in [0.15, 0.2) is 72.1 Å². The summed E-state index contributed by atoms with van der Waals surface area (Å²) in [5, 5.41) is 2.05. The van der Waals surface area contributed by atoms with Crippen LogP contribution in [-0.4, -0.2) is 36.4 Å². The second kappa shape index (κ2) is 8.71. The number of nitrogens with two attached hydrogens (primary N) is 1. The molecule has 0 aliphatic carbocycles. The summed E-state index contributed by atoms with van der Waals surface area (Å²) in [6, 6.07) is 21.5. The highest BCUT2D eigenvalue weighted by Gasteiger charge is 2.44. The van der Waals surface area contributed by atoms with Gasteiger partial charge in [0.2, 0.25) is 5.91 Å². The molecule has 2 heterocycles. The molecule has 0 spiro atoms. The first-order valence-corrected chi connectivity index (χ1v) is 10.8. The zero-order chi connectivity index (χ0) is 21.0. The lowest BCUT2D eigenvalue weighted by molar-refractivity contribution is -0.133. The molecule has 1 aliphatic rings. The van der Waals surface area contributed by atoms with Crippen molar-refractivity contribution in [2.24, 2.45) is 11.1 Å². The number of carbonyl (C=O) groups is 2. The minimum atomic E-state index is -0.753. The minimum absolute atomic E-state index is 0.0489. The lowest BCUT2D eigenvalue weighted by Gasteiger charge is -2.26. The molecule has 2 amide bonds. The SMILES string of the molecule is NC(=O)[C@@]1(Cc2cccc(-c3cccs3)c2)CCN(C(=O)COc2ccccc2)C1. The summed E-state index contributed by atoms with van der Waals surface area (Å²) in [5.74, 6) is 0.161. The molecular formula is C24H24N2O3S. The topological polar surface area (TPSA) is 72.6 Å². The third-order valence-electron chi connectivity index (χ3n) is 5.61. The lowest BCUT2D eigenvalue weighted by Crippen LogP contribution is -2.43. The van der Waals surface area contributed by atoms with Crippen LogP contribution in [-0.2, 0) is 16.0 Å². The van der Waals surface area contributed by atoms with Gasteiger partial charge in [-0.25, -0.2) is 0 Å². The predicted molar refractivity (Wildman–Crippen MR) is 118 cm³/mol. The number of hydrogen-bond donors (Lipinski definition) is 1. The second-order valence-electron chi connectivity index (χ2n) is 7.67. The number of thiophene rings is 1. The molecule has 1 saturated heterocycles. The van der Waals surface area contributed by atoms with Gasteiger partial charge in [-0.2, -0.15) is 0 Å². The molecule has 2 aromatic carbocycles. The quantitative estimate of drug-likeness (QED) is 0.633. The van der Waals surface area contributed by atoms with Crippen molar-refractivity contribution < 1.29 is 14.3 Å². The standard InChI is InChI=1S/C24H24N2O3S/c25-23(28)24(15-18-6-4-7-19(14-18)21-10-5-13-30-21)11-12-26(17-24)22(27)16-29-20-8-2-1-3-9-20/h1-10,13-14H,11-12,15-17H2,(H2,25,28)/t24-/m1/s1. The maximum atomic E-state index is 12.6. The van der Waals surface area contributed by atoms with E-state index in [0.29, 0.717) is 31.7 Å². The molecule has 0 bridgehead atoms. The lowest BCUT2D eigenvalue weighted by atomic mass is 9.80. The summed E-state index contributed by atoms with van der Waals surface area (Å²) in [5.41, 5.74) is 7.26. The van der Waals surface area contributed by atoms with Crippen LogP contribution in [0.3, 0.4) is 0 Å². The van der Waals surface area contributed by atoms with Crippen molar-refractivity contribution in [3.63, 3.8) is 0 Å². The third-order valence-corrected chi connectivity index (χ3v) is 6.53. The fourth-order valence-corrected chi connectivity index (χ4v) is 4.66. The van der Waals surface area contributed by atoms with Gasteiger partial charge >= 0.3 is 0 Å². The number of benzene rings is 2. The molecule has 0 saturated carbocycles. The van der Waals surface area contributed by atoms with Gasteiger partial charge in [-0.3, -0.25) is 9.59 Å². The molecule has 30 heavy (non-hydrogen) atoms. The van der Waals surface area contributed by atoms with Crippen molar-refractivity contribution in [1.29, 1.82) is 0 Å². The van der Waals surface area contributed by atoms with Gasteiger partial charge in [0, 0.05) is 18.0 Å². The highest BCUT2D eigenvalue weighted by molar-refractivity contribution is 7.13. The van der Waals surface area contributed by atoms with E-state index in [2.05, 4.69) is 18.2 Å². The van der Waals surface area contributed by atoms with Gasteiger partial charge in [-0.1, -0.05) is 48.5 Å². The molecule has 1 fully saturated rings. The molecule has 1 atom stereocenters. The van der Waals surface area contributed by atoms with E-state index in [1.54, 1.807) is 16.2 Å². The van der Waals surface area contributed by atoms with Gasteiger partial charge in [-0.05, 0) is 47.5 Å². The van der Waals surface area contributed by atoms with Gasteiger partial charge in [0.05, 0.1) is 5.41 Å². The summed E-state index contributed by atoms with van der Waals surface area (Å²) in [4.78, 5) is 28.0. The number of likely N-dealkylation sites (tertiary alicyclic amines) is 1. The summed E-state index contributed by atoms with van der Waals surface area (Å²) in [7, 11) is 0. The Morgan fingerprint density at radius 1 is 1.07 bits per heavy atom. The Morgan fingerprint density at radius 3 is 2.63 bits per heavy atom. The summed E-state index contributed by atoms with van der Waals surface area (Å²) < 4.78 is 5.58. The Labute approximate surface area is 180 Å². The van der Waals surface area contributed by atoms with Gasteiger partial charge < -0.3 is 15.4 Å². The first-order chi connectivity index (χ1) is 14.6. The van der Waals surface area contributed by atoms with E-state index in [4.69, 9.17) is 10.5 Å². The number of para-hydroxylation sites is 1. The summed E-state index contributed by atoms with van der Waals surface area (Å²) in [6.45, 7) is 0.778. The van der Waals surface area contributed by atoms with Crippen molar-refractivity contribution in [3.05, 3.63) is 77.7 Å². The Morgan fingerprint density at radius 2 is 1.90 bits per heavy atom. The smallest absolute Gasteiger partial charge is 0.260 e. The highest BCUT2D eigenvalue weighted by atomic mass is 32.1. The van der Waals surface area contributed by atoms with Crippen LogP contribution in [0.1, 0.15) is 12.0 Å². The van der Waals surface area contributed by atoms with Crippen LogP contribution in [0, 0.1) is 5.41 Å². The van der Waals surface area contributed by atoms with E-state index in [1.165, 1.54) is 4.88 Å². The minimum Gasteiger partial charge on any atom is -0.484 e. The normalized spacial score (nSPS) is 18.3. The Hall–Kier alpha value is -3.12. The summed E-state index contributed by atoms with van der Waals surface area (Å²) in [6.07, 6.45) is 1.08. The molecule has 2 N–H and O–H groups in total. The molecule has 1 aliphatic heterocycles. The average molecular weight is 421 g/mol. The van der Waals surface area contributed by atoms with Crippen molar-refractivity contribution in [3.8, 4) is 16.2 Å². The van der Waals surface area contributed by atoms with Crippen LogP contribution in [0.25, 0.3) is 10.4 Å². The van der Waals surface area contributed by atoms with E-state index in [-0.39, 0.29) is 18.4 Å². The van der Waals surface area contributed by atoms with Gasteiger partial charge in [-0.15, -0.1) is 11.3 Å². The van der Waals surface area contributed by atoms with E-state index in [9.17, 15) is 9.59 Å². The van der Waals surface area contributed by atoms with Gasteiger partial charge in [0.15, 0.2) is 6.61 Å². The molecule has 1 aromatic heterocycles. The van der Waals surface area contributed by atoms with Crippen LogP contribution in [0.5, 0.6) is 5.75 Å². The molecule has 0 unspecified atom stereocenters. The molecule has 154 valence electrons.